The Labute approximate surface area is 149 Å². The Bertz CT molecular complexity index is 633. The number of rotatable bonds is 2. The Morgan fingerprint density at radius 1 is 1.12 bits per heavy atom. The lowest BCUT2D eigenvalue weighted by Crippen LogP contribution is -2.53. The summed E-state index contributed by atoms with van der Waals surface area (Å²) in [7, 11) is 1.82. The fourth-order valence-electron chi connectivity index (χ4n) is 4.11. The highest BCUT2D eigenvalue weighted by Crippen LogP contribution is 2.37. The average molecular weight is 344 g/mol. The van der Waals surface area contributed by atoms with E-state index in [0.717, 1.165) is 5.56 Å². The minimum Gasteiger partial charge on any atom is -0.372 e. The van der Waals surface area contributed by atoms with Gasteiger partial charge in [0.25, 0.3) is 0 Å². The number of likely N-dealkylation sites (tertiary alicyclic amines) is 1. The predicted octanol–water partition coefficient (Wildman–Crippen LogP) is 2.54. The molecule has 2 amide bonds. The highest BCUT2D eigenvalue weighted by molar-refractivity contribution is 5.85. The van der Waals surface area contributed by atoms with Crippen LogP contribution >= 0.6 is 0 Å². The Morgan fingerprint density at radius 3 is 2.32 bits per heavy atom. The summed E-state index contributed by atoms with van der Waals surface area (Å²) >= 11 is 0. The SMILES string of the molecule is Cc1ccc([C@@H]2[C@@H](C(=O)N3C[C@@H](C)O[C@@H](C)C3)CCC(=O)N2C)cc1. The first-order valence-corrected chi connectivity index (χ1v) is 9.13. The number of hydrogen-bond donors (Lipinski definition) is 0. The Hall–Kier alpha value is -1.88. The summed E-state index contributed by atoms with van der Waals surface area (Å²) in [5, 5.41) is 0. The van der Waals surface area contributed by atoms with Gasteiger partial charge in [0.15, 0.2) is 0 Å². The largest absolute Gasteiger partial charge is 0.372 e. The molecule has 0 bridgehead atoms. The molecule has 2 aliphatic rings. The van der Waals surface area contributed by atoms with Gasteiger partial charge in [-0.1, -0.05) is 29.8 Å². The number of hydrogen-bond acceptors (Lipinski definition) is 3. The van der Waals surface area contributed by atoms with E-state index in [1.165, 1.54) is 5.56 Å². The van der Waals surface area contributed by atoms with E-state index >= 15 is 0 Å². The van der Waals surface area contributed by atoms with Gasteiger partial charge >= 0.3 is 0 Å². The minimum absolute atomic E-state index is 0.0495. The number of nitrogens with zero attached hydrogens (tertiary/aromatic N) is 2. The lowest BCUT2D eigenvalue weighted by atomic mass is 9.83. The van der Waals surface area contributed by atoms with Crippen LogP contribution in [0.4, 0.5) is 0 Å². The van der Waals surface area contributed by atoms with E-state index < -0.39 is 0 Å². The third-order valence-corrected chi connectivity index (χ3v) is 5.33. The van der Waals surface area contributed by atoms with Crippen LogP contribution in [0.1, 0.15) is 43.9 Å². The maximum absolute atomic E-state index is 13.3. The fourth-order valence-corrected chi connectivity index (χ4v) is 4.11. The zero-order valence-corrected chi connectivity index (χ0v) is 15.6. The predicted molar refractivity (Wildman–Crippen MR) is 96.0 cm³/mol. The number of carbonyl (C=O) groups excluding carboxylic acids is 2. The van der Waals surface area contributed by atoms with E-state index in [1.54, 1.807) is 4.90 Å². The quantitative estimate of drug-likeness (QED) is 0.828. The van der Waals surface area contributed by atoms with Crippen LogP contribution < -0.4 is 0 Å². The van der Waals surface area contributed by atoms with Gasteiger partial charge in [-0.05, 0) is 32.8 Å². The van der Waals surface area contributed by atoms with Crippen molar-refractivity contribution in [3.63, 3.8) is 0 Å². The van der Waals surface area contributed by atoms with Crippen molar-refractivity contribution in [3.8, 4) is 0 Å². The number of carbonyl (C=O) groups is 2. The molecule has 2 heterocycles. The molecule has 5 heteroatoms. The van der Waals surface area contributed by atoms with Crippen LogP contribution in [0.25, 0.3) is 0 Å². The van der Waals surface area contributed by atoms with Crippen molar-refractivity contribution in [2.75, 3.05) is 20.1 Å². The average Bonchev–Trinajstić information content (AvgIpc) is 2.57. The third-order valence-electron chi connectivity index (χ3n) is 5.33. The molecule has 2 saturated heterocycles. The Balaban J connectivity index is 1.87. The summed E-state index contributed by atoms with van der Waals surface area (Å²) < 4.78 is 5.76. The molecule has 0 spiro atoms. The standard InChI is InChI=1S/C20H28N2O3/c1-13-5-7-16(8-6-13)19-17(9-10-18(23)21(19)4)20(24)22-11-14(2)25-15(3)12-22/h5-8,14-15,17,19H,9-12H2,1-4H3/t14-,15+,17-,19+/m0/s1. The lowest BCUT2D eigenvalue weighted by Gasteiger charge is -2.43. The second kappa shape index (κ2) is 7.16. The van der Waals surface area contributed by atoms with Gasteiger partial charge in [-0.3, -0.25) is 9.59 Å². The maximum atomic E-state index is 13.3. The van der Waals surface area contributed by atoms with Gasteiger partial charge in [-0.2, -0.15) is 0 Å². The van der Waals surface area contributed by atoms with Crippen LogP contribution in [0.2, 0.25) is 0 Å². The van der Waals surface area contributed by atoms with Gasteiger partial charge in [0, 0.05) is 26.6 Å². The molecule has 1 aromatic rings. The smallest absolute Gasteiger partial charge is 0.228 e. The second-order valence-electron chi connectivity index (χ2n) is 7.51. The van der Waals surface area contributed by atoms with E-state index in [1.807, 2.05) is 57.0 Å². The zero-order valence-electron chi connectivity index (χ0n) is 15.6. The van der Waals surface area contributed by atoms with E-state index in [9.17, 15) is 9.59 Å². The van der Waals surface area contributed by atoms with Gasteiger partial charge in [0.1, 0.15) is 0 Å². The molecular formula is C20H28N2O3. The third kappa shape index (κ3) is 3.71. The first-order valence-electron chi connectivity index (χ1n) is 9.13. The van der Waals surface area contributed by atoms with Crippen LogP contribution in [0, 0.1) is 12.8 Å². The van der Waals surface area contributed by atoms with Crippen molar-refractivity contribution >= 4 is 11.8 Å². The summed E-state index contributed by atoms with van der Waals surface area (Å²) in [5.74, 6) is 0.0631. The number of morpholine rings is 1. The van der Waals surface area contributed by atoms with Crippen molar-refractivity contribution in [2.45, 2.75) is 51.9 Å². The first kappa shape index (κ1) is 17.9. The molecule has 0 N–H and O–H groups in total. The van der Waals surface area contributed by atoms with E-state index in [0.29, 0.717) is 25.9 Å². The van der Waals surface area contributed by atoms with Crippen molar-refractivity contribution in [2.24, 2.45) is 5.92 Å². The number of amides is 2. The summed E-state index contributed by atoms with van der Waals surface area (Å²) in [6, 6.07) is 7.98. The van der Waals surface area contributed by atoms with Crippen molar-refractivity contribution in [1.29, 1.82) is 0 Å². The van der Waals surface area contributed by atoms with Crippen LogP contribution in [-0.4, -0.2) is 54.0 Å². The Morgan fingerprint density at radius 2 is 1.72 bits per heavy atom. The van der Waals surface area contributed by atoms with Crippen molar-refractivity contribution < 1.29 is 14.3 Å². The number of benzene rings is 1. The molecule has 2 aliphatic heterocycles. The van der Waals surface area contributed by atoms with Crippen LogP contribution in [0.3, 0.4) is 0 Å². The second-order valence-corrected chi connectivity index (χ2v) is 7.51. The molecule has 0 unspecified atom stereocenters. The van der Waals surface area contributed by atoms with Gasteiger partial charge in [0.2, 0.25) is 11.8 Å². The first-order chi connectivity index (χ1) is 11.9. The van der Waals surface area contributed by atoms with Gasteiger partial charge < -0.3 is 14.5 Å². The van der Waals surface area contributed by atoms with Gasteiger partial charge in [0.05, 0.1) is 24.2 Å². The van der Waals surface area contributed by atoms with Crippen molar-refractivity contribution in [1.82, 2.24) is 9.80 Å². The van der Waals surface area contributed by atoms with E-state index in [-0.39, 0.29) is 36.0 Å². The molecule has 0 saturated carbocycles. The fraction of sp³-hybridized carbons (Fsp3) is 0.600. The van der Waals surface area contributed by atoms with Crippen LogP contribution in [-0.2, 0) is 14.3 Å². The summed E-state index contributed by atoms with van der Waals surface area (Å²) in [5.41, 5.74) is 2.21. The molecule has 5 nitrogen and oxygen atoms in total. The van der Waals surface area contributed by atoms with Crippen LogP contribution in [0.15, 0.2) is 24.3 Å². The maximum Gasteiger partial charge on any atom is 0.228 e. The number of piperidine rings is 1. The lowest BCUT2D eigenvalue weighted by molar-refractivity contribution is -0.154. The normalized spacial score (nSPS) is 30.5. The van der Waals surface area contributed by atoms with Gasteiger partial charge in [-0.15, -0.1) is 0 Å². The molecule has 1 aromatic carbocycles. The summed E-state index contributed by atoms with van der Waals surface area (Å²) in [6.07, 6.45) is 1.15. The molecule has 3 rings (SSSR count). The summed E-state index contributed by atoms with van der Waals surface area (Å²) in [4.78, 5) is 29.2. The zero-order chi connectivity index (χ0) is 18.1. The molecule has 0 radical (unpaired) electrons. The van der Waals surface area contributed by atoms with Crippen molar-refractivity contribution in [3.05, 3.63) is 35.4 Å². The van der Waals surface area contributed by atoms with E-state index in [4.69, 9.17) is 4.74 Å². The number of aryl methyl sites for hydroxylation is 1. The highest BCUT2D eigenvalue weighted by Gasteiger charge is 2.41. The molecule has 2 fully saturated rings. The Kier molecular flexibility index (Phi) is 5.13. The molecule has 4 atom stereocenters. The van der Waals surface area contributed by atoms with Gasteiger partial charge in [-0.25, -0.2) is 0 Å². The number of ether oxygens (including phenoxy) is 1. The topological polar surface area (TPSA) is 49.9 Å². The van der Waals surface area contributed by atoms with E-state index in [2.05, 4.69) is 0 Å². The van der Waals surface area contributed by atoms with Crippen LogP contribution in [0.5, 0.6) is 0 Å². The molecule has 136 valence electrons. The molecule has 0 aliphatic carbocycles. The summed E-state index contributed by atoms with van der Waals surface area (Å²) in [6.45, 7) is 7.29. The minimum atomic E-state index is -0.192. The monoisotopic (exact) mass is 344 g/mol. The molecular weight excluding hydrogens is 316 g/mol. The molecule has 0 aromatic heterocycles. The molecule has 25 heavy (non-hydrogen) atoms. The highest BCUT2D eigenvalue weighted by atomic mass is 16.5.